The maximum absolute atomic E-state index is 12.7. The van der Waals surface area contributed by atoms with Crippen LogP contribution < -0.4 is 0 Å². The van der Waals surface area contributed by atoms with Crippen molar-refractivity contribution in [3.05, 3.63) is 47.2 Å². The zero-order valence-electron chi connectivity index (χ0n) is 16.9. The van der Waals surface area contributed by atoms with Crippen LogP contribution in [0.5, 0.6) is 0 Å². The molecule has 0 aliphatic carbocycles. The number of hydrogen-bond donors (Lipinski definition) is 0. The van der Waals surface area contributed by atoms with Gasteiger partial charge in [-0.15, -0.1) is 0 Å². The Morgan fingerprint density at radius 3 is 2.48 bits per heavy atom. The highest BCUT2D eigenvalue weighted by atomic mass is 16.6. The lowest BCUT2D eigenvalue weighted by molar-refractivity contribution is -0.154. The fourth-order valence-corrected chi connectivity index (χ4v) is 3.17. The monoisotopic (exact) mass is 374 g/mol. The van der Waals surface area contributed by atoms with Gasteiger partial charge in [-0.2, -0.15) is 0 Å². The Labute approximate surface area is 161 Å². The number of carbonyl (C=O) groups is 2. The van der Waals surface area contributed by atoms with E-state index < -0.39 is 11.6 Å². The highest BCUT2D eigenvalue weighted by Crippen LogP contribution is 2.35. The zero-order chi connectivity index (χ0) is 20.0. The summed E-state index contributed by atoms with van der Waals surface area (Å²) in [6, 6.07) is 9.97. The first-order valence-electron chi connectivity index (χ1n) is 9.46. The summed E-state index contributed by atoms with van der Waals surface area (Å²) in [4.78, 5) is 24.8. The molecule has 0 saturated carbocycles. The second kappa shape index (κ2) is 9.18. The van der Waals surface area contributed by atoms with E-state index in [0.717, 1.165) is 12.0 Å². The first-order chi connectivity index (χ1) is 12.7. The summed E-state index contributed by atoms with van der Waals surface area (Å²) in [5.41, 5.74) is 0.996. The third-order valence-corrected chi connectivity index (χ3v) is 4.51. The van der Waals surface area contributed by atoms with Crippen LogP contribution in [0.3, 0.4) is 0 Å². The molecular formula is C22H30O5. The molecule has 0 spiro atoms. The molecule has 0 bridgehead atoms. The third kappa shape index (κ3) is 6.21. The molecule has 0 unspecified atom stereocenters. The van der Waals surface area contributed by atoms with Crippen molar-refractivity contribution in [3.63, 3.8) is 0 Å². The highest BCUT2D eigenvalue weighted by Gasteiger charge is 2.39. The summed E-state index contributed by atoms with van der Waals surface area (Å²) in [7, 11) is 0. The van der Waals surface area contributed by atoms with Crippen molar-refractivity contribution in [3.8, 4) is 0 Å². The molecule has 0 aromatic heterocycles. The van der Waals surface area contributed by atoms with Gasteiger partial charge in [0.15, 0.2) is 0 Å². The van der Waals surface area contributed by atoms with Crippen LogP contribution in [0.4, 0.5) is 0 Å². The van der Waals surface area contributed by atoms with Gasteiger partial charge in [0.2, 0.25) is 0 Å². The normalized spacial score (nSPS) is 20.4. The van der Waals surface area contributed by atoms with Crippen LogP contribution in [-0.2, 0) is 30.4 Å². The van der Waals surface area contributed by atoms with E-state index in [2.05, 4.69) is 0 Å². The second-order valence-electron chi connectivity index (χ2n) is 7.97. The van der Waals surface area contributed by atoms with Crippen molar-refractivity contribution in [2.45, 2.75) is 59.7 Å². The number of esters is 2. The molecule has 1 aromatic rings. The van der Waals surface area contributed by atoms with E-state index in [-0.39, 0.29) is 17.8 Å². The maximum atomic E-state index is 12.7. The molecule has 0 fully saturated rings. The lowest BCUT2D eigenvalue weighted by atomic mass is 9.81. The average molecular weight is 374 g/mol. The number of hydrogen-bond acceptors (Lipinski definition) is 5. The van der Waals surface area contributed by atoms with Crippen LogP contribution in [0.15, 0.2) is 41.7 Å². The SMILES string of the molecule is CC1=C(C(=O)OC(C)(C)C)[C@H](CCCOCc2ccccc2)[C@@H](C)C(=O)O1. The van der Waals surface area contributed by atoms with Gasteiger partial charge in [0.25, 0.3) is 0 Å². The largest absolute Gasteiger partial charge is 0.457 e. The minimum Gasteiger partial charge on any atom is -0.457 e. The van der Waals surface area contributed by atoms with Crippen molar-refractivity contribution >= 4 is 11.9 Å². The van der Waals surface area contributed by atoms with Gasteiger partial charge >= 0.3 is 11.9 Å². The number of carbonyl (C=O) groups excluding carboxylic acids is 2. The molecule has 5 heteroatoms. The van der Waals surface area contributed by atoms with Gasteiger partial charge in [0, 0.05) is 12.5 Å². The Hall–Kier alpha value is -2.14. The van der Waals surface area contributed by atoms with Crippen molar-refractivity contribution in [1.82, 2.24) is 0 Å². The molecule has 5 nitrogen and oxygen atoms in total. The number of allylic oxidation sites excluding steroid dienone is 1. The van der Waals surface area contributed by atoms with Crippen molar-refractivity contribution in [2.75, 3.05) is 6.61 Å². The predicted molar refractivity (Wildman–Crippen MR) is 103 cm³/mol. The number of cyclic esters (lactones) is 1. The molecule has 1 aliphatic rings. The van der Waals surface area contributed by atoms with Gasteiger partial charge in [-0.25, -0.2) is 4.79 Å². The highest BCUT2D eigenvalue weighted by molar-refractivity contribution is 5.93. The minimum absolute atomic E-state index is 0.221. The quantitative estimate of drug-likeness (QED) is 0.523. The molecule has 1 heterocycles. The molecular weight excluding hydrogens is 344 g/mol. The van der Waals surface area contributed by atoms with E-state index in [1.165, 1.54) is 0 Å². The first kappa shape index (κ1) is 21.2. The van der Waals surface area contributed by atoms with E-state index in [0.29, 0.717) is 31.0 Å². The van der Waals surface area contributed by atoms with E-state index >= 15 is 0 Å². The van der Waals surface area contributed by atoms with Crippen LogP contribution in [0.1, 0.15) is 53.0 Å². The summed E-state index contributed by atoms with van der Waals surface area (Å²) in [6.45, 7) is 10.0. The zero-order valence-corrected chi connectivity index (χ0v) is 16.9. The smallest absolute Gasteiger partial charge is 0.338 e. The van der Waals surface area contributed by atoms with Crippen molar-refractivity contribution in [2.24, 2.45) is 11.8 Å². The van der Waals surface area contributed by atoms with Gasteiger partial charge in [-0.3, -0.25) is 4.79 Å². The molecule has 148 valence electrons. The molecule has 27 heavy (non-hydrogen) atoms. The van der Waals surface area contributed by atoms with E-state index in [1.54, 1.807) is 13.8 Å². The third-order valence-electron chi connectivity index (χ3n) is 4.51. The van der Waals surface area contributed by atoms with Gasteiger partial charge in [-0.05, 0) is 46.1 Å². The number of rotatable bonds is 7. The standard InChI is InChI=1S/C22H30O5/c1-15-18(12-9-13-25-14-17-10-7-6-8-11-17)19(16(2)26-20(15)23)21(24)27-22(3,4)5/h6-8,10-11,15,18H,9,12-14H2,1-5H3/t15-,18-/m1/s1. The maximum Gasteiger partial charge on any atom is 0.338 e. The summed E-state index contributed by atoms with van der Waals surface area (Å²) in [5.74, 6) is -0.959. The van der Waals surface area contributed by atoms with E-state index in [9.17, 15) is 9.59 Å². The average Bonchev–Trinajstić information content (AvgIpc) is 2.58. The molecule has 1 aromatic carbocycles. The molecule has 1 aliphatic heterocycles. The van der Waals surface area contributed by atoms with Gasteiger partial charge in [0.1, 0.15) is 11.4 Å². The molecule has 2 rings (SSSR count). The van der Waals surface area contributed by atoms with Gasteiger partial charge < -0.3 is 14.2 Å². The predicted octanol–water partition coefficient (Wildman–Crippen LogP) is 4.41. The van der Waals surface area contributed by atoms with E-state index in [1.807, 2.05) is 51.1 Å². The summed E-state index contributed by atoms with van der Waals surface area (Å²) >= 11 is 0. The van der Waals surface area contributed by atoms with Crippen molar-refractivity contribution < 1.29 is 23.8 Å². The van der Waals surface area contributed by atoms with Gasteiger partial charge in [-0.1, -0.05) is 37.3 Å². The Morgan fingerprint density at radius 2 is 1.85 bits per heavy atom. The fourth-order valence-electron chi connectivity index (χ4n) is 3.17. The summed E-state index contributed by atoms with van der Waals surface area (Å²) in [5, 5.41) is 0. The molecule has 0 saturated heterocycles. The lowest BCUT2D eigenvalue weighted by Crippen LogP contribution is -2.36. The first-order valence-corrected chi connectivity index (χ1v) is 9.46. The lowest BCUT2D eigenvalue weighted by Gasteiger charge is -2.31. The molecule has 0 radical (unpaired) electrons. The Kier molecular flexibility index (Phi) is 7.19. The van der Waals surface area contributed by atoms with Crippen LogP contribution in [0.25, 0.3) is 0 Å². The van der Waals surface area contributed by atoms with Crippen LogP contribution in [0.2, 0.25) is 0 Å². The Bertz CT molecular complexity index is 684. The van der Waals surface area contributed by atoms with Crippen LogP contribution >= 0.6 is 0 Å². The topological polar surface area (TPSA) is 61.8 Å². The molecule has 0 N–H and O–H groups in total. The number of benzene rings is 1. The van der Waals surface area contributed by atoms with Crippen LogP contribution in [-0.4, -0.2) is 24.1 Å². The number of ether oxygens (including phenoxy) is 3. The minimum atomic E-state index is -0.599. The molecule has 0 amide bonds. The summed E-state index contributed by atoms with van der Waals surface area (Å²) in [6.07, 6.45) is 1.41. The van der Waals surface area contributed by atoms with Crippen molar-refractivity contribution in [1.29, 1.82) is 0 Å². The summed E-state index contributed by atoms with van der Waals surface area (Å²) < 4.78 is 16.5. The van der Waals surface area contributed by atoms with E-state index in [4.69, 9.17) is 14.2 Å². The van der Waals surface area contributed by atoms with Gasteiger partial charge in [0.05, 0.1) is 18.1 Å². The Balaban J connectivity index is 1.97. The Morgan fingerprint density at radius 1 is 1.19 bits per heavy atom. The second-order valence-corrected chi connectivity index (χ2v) is 7.97. The fraction of sp³-hybridized carbons (Fsp3) is 0.545. The van der Waals surface area contributed by atoms with Crippen LogP contribution in [0, 0.1) is 11.8 Å². The molecule has 2 atom stereocenters.